The average Bonchev–Trinajstić information content (AvgIpc) is 2.50. The normalized spacial score (nSPS) is 9.76. The van der Waals surface area contributed by atoms with Gasteiger partial charge >= 0.3 is 0 Å². The molecule has 0 bridgehead atoms. The van der Waals surface area contributed by atoms with Crippen LogP contribution < -0.4 is 10.6 Å². The van der Waals surface area contributed by atoms with Crippen molar-refractivity contribution in [2.45, 2.75) is 13.8 Å². The Bertz CT molecular complexity index is 699. The zero-order chi connectivity index (χ0) is 15.2. The average molecular weight is 278 g/mol. The van der Waals surface area contributed by atoms with E-state index in [0.717, 1.165) is 16.9 Å². The van der Waals surface area contributed by atoms with Crippen molar-refractivity contribution >= 4 is 17.3 Å². The van der Waals surface area contributed by atoms with E-state index in [2.05, 4.69) is 36.5 Å². The van der Waals surface area contributed by atoms with Gasteiger partial charge in [0.05, 0.1) is 17.8 Å². The maximum atomic E-state index is 12.1. The third-order valence-corrected chi connectivity index (χ3v) is 3.40. The van der Waals surface area contributed by atoms with Crippen molar-refractivity contribution < 1.29 is 4.79 Å². The van der Waals surface area contributed by atoms with Gasteiger partial charge in [-0.15, -0.1) is 6.42 Å². The second-order valence-corrected chi connectivity index (χ2v) is 4.80. The van der Waals surface area contributed by atoms with Crippen LogP contribution in [0.25, 0.3) is 0 Å². The van der Waals surface area contributed by atoms with Gasteiger partial charge in [-0.25, -0.2) is 0 Å². The molecular formula is C18H18N2O. The summed E-state index contributed by atoms with van der Waals surface area (Å²) in [6.07, 6.45) is 5.17. The lowest BCUT2D eigenvalue weighted by atomic mass is 10.1. The van der Waals surface area contributed by atoms with Crippen LogP contribution in [-0.4, -0.2) is 12.5 Å². The summed E-state index contributed by atoms with van der Waals surface area (Å²) in [6.45, 7) is 4.33. The van der Waals surface area contributed by atoms with Gasteiger partial charge in [0.1, 0.15) is 0 Å². The first-order chi connectivity index (χ1) is 10.1. The molecule has 0 saturated heterocycles. The lowest BCUT2D eigenvalue weighted by Crippen LogP contribution is -2.24. The van der Waals surface area contributed by atoms with Crippen LogP contribution in [0.2, 0.25) is 0 Å². The molecule has 3 heteroatoms. The summed E-state index contributed by atoms with van der Waals surface area (Å²) in [7, 11) is 0. The van der Waals surface area contributed by atoms with E-state index in [1.165, 1.54) is 5.56 Å². The third-order valence-electron chi connectivity index (χ3n) is 3.40. The molecule has 0 aliphatic heterocycles. The molecule has 0 heterocycles. The maximum absolute atomic E-state index is 12.1. The van der Waals surface area contributed by atoms with Crippen molar-refractivity contribution in [1.82, 2.24) is 5.32 Å². The van der Waals surface area contributed by atoms with Crippen molar-refractivity contribution in [3.63, 3.8) is 0 Å². The Morgan fingerprint density at radius 3 is 2.57 bits per heavy atom. The Kier molecular flexibility index (Phi) is 4.63. The van der Waals surface area contributed by atoms with Crippen molar-refractivity contribution in [3.05, 3.63) is 59.2 Å². The van der Waals surface area contributed by atoms with Gasteiger partial charge < -0.3 is 10.6 Å². The minimum absolute atomic E-state index is 0.179. The Labute approximate surface area is 125 Å². The van der Waals surface area contributed by atoms with Crippen LogP contribution in [-0.2, 0) is 0 Å². The molecule has 0 spiro atoms. The predicted molar refractivity (Wildman–Crippen MR) is 86.8 cm³/mol. The minimum Gasteiger partial charge on any atom is -0.355 e. The second kappa shape index (κ2) is 6.62. The van der Waals surface area contributed by atoms with E-state index in [1.54, 1.807) is 6.07 Å². The standard InChI is InChI=1S/C18H18N2O/c1-4-12-19-18(21)15-9-5-6-10-17(15)20-16-11-7-8-13(2)14(16)3/h1,5-11,20H,12H2,2-3H3,(H,19,21). The highest BCUT2D eigenvalue weighted by Crippen LogP contribution is 2.25. The fraction of sp³-hybridized carbons (Fsp3) is 0.167. The van der Waals surface area contributed by atoms with Crippen LogP contribution in [0.3, 0.4) is 0 Å². The summed E-state index contributed by atoms with van der Waals surface area (Å²) in [5.41, 5.74) is 4.70. The topological polar surface area (TPSA) is 41.1 Å². The Morgan fingerprint density at radius 2 is 1.81 bits per heavy atom. The number of benzene rings is 2. The van der Waals surface area contributed by atoms with Gasteiger partial charge in [-0.05, 0) is 43.2 Å². The van der Waals surface area contributed by atoms with E-state index < -0.39 is 0 Å². The van der Waals surface area contributed by atoms with Crippen LogP contribution in [0.1, 0.15) is 21.5 Å². The van der Waals surface area contributed by atoms with Gasteiger partial charge in [0.15, 0.2) is 0 Å². The molecule has 0 atom stereocenters. The molecule has 106 valence electrons. The minimum atomic E-state index is -0.179. The van der Waals surface area contributed by atoms with E-state index in [-0.39, 0.29) is 12.5 Å². The fourth-order valence-corrected chi connectivity index (χ4v) is 2.05. The molecule has 0 aliphatic rings. The van der Waals surface area contributed by atoms with E-state index in [9.17, 15) is 4.79 Å². The first kappa shape index (κ1) is 14.7. The maximum Gasteiger partial charge on any atom is 0.254 e. The van der Waals surface area contributed by atoms with Gasteiger partial charge in [-0.3, -0.25) is 4.79 Å². The second-order valence-electron chi connectivity index (χ2n) is 4.80. The highest BCUT2D eigenvalue weighted by molar-refractivity contribution is 6.00. The van der Waals surface area contributed by atoms with Gasteiger partial charge in [-0.1, -0.05) is 30.2 Å². The van der Waals surface area contributed by atoms with Crippen LogP contribution in [0.5, 0.6) is 0 Å². The van der Waals surface area contributed by atoms with Gasteiger partial charge in [-0.2, -0.15) is 0 Å². The van der Waals surface area contributed by atoms with Crippen LogP contribution >= 0.6 is 0 Å². The monoisotopic (exact) mass is 278 g/mol. The van der Waals surface area contributed by atoms with Gasteiger partial charge in [0.2, 0.25) is 0 Å². The van der Waals surface area contributed by atoms with E-state index in [4.69, 9.17) is 6.42 Å². The Balaban J connectivity index is 2.31. The number of nitrogens with one attached hydrogen (secondary N) is 2. The number of para-hydroxylation sites is 1. The first-order valence-corrected chi connectivity index (χ1v) is 6.77. The number of carbonyl (C=O) groups excluding carboxylic acids is 1. The molecule has 21 heavy (non-hydrogen) atoms. The zero-order valence-electron chi connectivity index (χ0n) is 12.2. The third kappa shape index (κ3) is 3.43. The summed E-state index contributed by atoms with van der Waals surface area (Å²) in [5.74, 6) is 2.22. The predicted octanol–water partition coefficient (Wildman–Crippen LogP) is 3.41. The lowest BCUT2D eigenvalue weighted by molar-refractivity contribution is 0.0959. The number of aryl methyl sites for hydroxylation is 1. The van der Waals surface area contributed by atoms with Gasteiger partial charge in [0, 0.05) is 5.69 Å². The first-order valence-electron chi connectivity index (χ1n) is 6.77. The quantitative estimate of drug-likeness (QED) is 0.841. The number of anilines is 2. The smallest absolute Gasteiger partial charge is 0.254 e. The summed E-state index contributed by atoms with van der Waals surface area (Å²) < 4.78 is 0. The number of rotatable bonds is 4. The number of hydrogen-bond acceptors (Lipinski definition) is 2. The van der Waals surface area contributed by atoms with Crippen molar-refractivity contribution in [2.75, 3.05) is 11.9 Å². The molecule has 0 aliphatic carbocycles. The molecule has 0 unspecified atom stereocenters. The summed E-state index contributed by atoms with van der Waals surface area (Å²) in [5, 5.41) is 6.01. The van der Waals surface area contributed by atoms with Crippen molar-refractivity contribution in [3.8, 4) is 12.3 Å². The SMILES string of the molecule is C#CCNC(=O)c1ccccc1Nc1cccc(C)c1C. The van der Waals surface area contributed by atoms with Crippen LogP contribution in [0.15, 0.2) is 42.5 Å². The molecular weight excluding hydrogens is 260 g/mol. The van der Waals surface area contributed by atoms with Crippen molar-refractivity contribution in [1.29, 1.82) is 0 Å². The summed E-state index contributed by atoms with van der Waals surface area (Å²) >= 11 is 0. The molecule has 0 radical (unpaired) electrons. The van der Waals surface area contributed by atoms with E-state index >= 15 is 0 Å². The van der Waals surface area contributed by atoms with Crippen LogP contribution in [0.4, 0.5) is 11.4 Å². The highest BCUT2D eigenvalue weighted by Gasteiger charge is 2.11. The van der Waals surface area contributed by atoms with Crippen LogP contribution in [0, 0.1) is 26.2 Å². The largest absolute Gasteiger partial charge is 0.355 e. The summed E-state index contributed by atoms with van der Waals surface area (Å²) in [4.78, 5) is 12.1. The number of terminal acetylenes is 1. The van der Waals surface area contributed by atoms with Gasteiger partial charge in [0.25, 0.3) is 5.91 Å². The number of hydrogen-bond donors (Lipinski definition) is 2. The zero-order valence-corrected chi connectivity index (χ0v) is 12.2. The molecule has 2 N–H and O–H groups in total. The molecule has 0 aromatic heterocycles. The molecule has 2 rings (SSSR count). The Hall–Kier alpha value is -2.73. The van der Waals surface area contributed by atoms with E-state index in [0.29, 0.717) is 5.56 Å². The molecule has 0 saturated carbocycles. The lowest BCUT2D eigenvalue weighted by Gasteiger charge is -2.14. The molecule has 2 aromatic carbocycles. The molecule has 2 aromatic rings. The van der Waals surface area contributed by atoms with E-state index in [1.807, 2.05) is 30.3 Å². The number of carbonyl (C=O) groups is 1. The molecule has 0 fully saturated rings. The molecule has 3 nitrogen and oxygen atoms in total. The fourth-order valence-electron chi connectivity index (χ4n) is 2.05. The van der Waals surface area contributed by atoms with Crippen molar-refractivity contribution in [2.24, 2.45) is 0 Å². The summed E-state index contributed by atoms with van der Waals surface area (Å²) in [6, 6.07) is 13.4. The molecule has 1 amide bonds. The Morgan fingerprint density at radius 1 is 1.10 bits per heavy atom. The number of amides is 1. The highest BCUT2D eigenvalue weighted by atomic mass is 16.1.